The molecular formula is C55H40N4O. The summed E-state index contributed by atoms with van der Waals surface area (Å²) < 4.78 is 9.00. The van der Waals surface area contributed by atoms with Crippen LogP contribution in [-0.4, -0.2) is 19.5 Å². The topological polar surface area (TPSA) is 56.7 Å². The lowest BCUT2D eigenvalue weighted by atomic mass is 10.00. The molecule has 11 aromatic rings. The van der Waals surface area contributed by atoms with E-state index in [0.29, 0.717) is 17.5 Å². The van der Waals surface area contributed by atoms with E-state index in [1.165, 1.54) is 34.6 Å². The zero-order chi connectivity index (χ0) is 40.0. The van der Waals surface area contributed by atoms with Gasteiger partial charge in [0.2, 0.25) is 0 Å². The Bertz CT molecular complexity index is 3360. The second-order valence-electron chi connectivity index (χ2n) is 15.5. The molecule has 11 rings (SSSR count). The van der Waals surface area contributed by atoms with Gasteiger partial charge >= 0.3 is 0 Å². The van der Waals surface area contributed by atoms with Crippen molar-refractivity contribution in [2.45, 2.75) is 26.2 Å². The average Bonchev–Trinajstić information content (AvgIpc) is 3.86. The number of aromatic nitrogens is 4. The summed E-state index contributed by atoms with van der Waals surface area (Å²) in [5, 5.41) is 4.70. The van der Waals surface area contributed by atoms with E-state index in [1.807, 2.05) is 36.4 Å². The van der Waals surface area contributed by atoms with Gasteiger partial charge in [0.1, 0.15) is 11.2 Å². The molecule has 0 aliphatic carbocycles. The van der Waals surface area contributed by atoms with Gasteiger partial charge in [-0.15, -0.1) is 0 Å². The Morgan fingerprint density at radius 3 is 1.87 bits per heavy atom. The normalized spacial score (nSPS) is 11.6. The summed E-state index contributed by atoms with van der Waals surface area (Å²) in [4.78, 5) is 15.3. The summed E-state index contributed by atoms with van der Waals surface area (Å²) in [7, 11) is 0. The minimum Gasteiger partial charge on any atom is -0.455 e. The highest BCUT2D eigenvalue weighted by atomic mass is 16.3. The molecule has 0 aliphatic rings. The number of hydrogen-bond acceptors (Lipinski definition) is 4. The molecule has 0 spiro atoms. The Labute approximate surface area is 348 Å². The van der Waals surface area contributed by atoms with Gasteiger partial charge in [-0.2, -0.15) is 0 Å². The first-order valence-electron chi connectivity index (χ1n) is 20.7. The molecule has 0 N–H and O–H groups in total. The van der Waals surface area contributed by atoms with Crippen LogP contribution in [0.3, 0.4) is 0 Å². The van der Waals surface area contributed by atoms with Crippen LogP contribution in [-0.2, 0) is 6.42 Å². The molecule has 0 fully saturated rings. The van der Waals surface area contributed by atoms with E-state index in [4.69, 9.17) is 19.4 Å². The van der Waals surface area contributed by atoms with Crippen LogP contribution >= 0.6 is 0 Å². The van der Waals surface area contributed by atoms with Crippen LogP contribution in [0.2, 0.25) is 0 Å². The van der Waals surface area contributed by atoms with Crippen LogP contribution < -0.4 is 0 Å². The lowest BCUT2D eigenvalue weighted by Crippen LogP contribution is -2.01. The van der Waals surface area contributed by atoms with E-state index < -0.39 is 0 Å². The van der Waals surface area contributed by atoms with Gasteiger partial charge in [-0.1, -0.05) is 159 Å². The van der Waals surface area contributed by atoms with Crippen molar-refractivity contribution in [3.05, 3.63) is 194 Å². The lowest BCUT2D eigenvalue weighted by Gasteiger charge is -2.12. The molecule has 0 aliphatic heterocycles. The fraction of sp³-hybridized carbons (Fsp3) is 0.0727. The van der Waals surface area contributed by atoms with Crippen LogP contribution in [0.4, 0.5) is 0 Å². The molecule has 8 aromatic carbocycles. The van der Waals surface area contributed by atoms with Crippen LogP contribution in [0.5, 0.6) is 0 Å². The van der Waals surface area contributed by atoms with Gasteiger partial charge < -0.3 is 8.98 Å². The summed E-state index contributed by atoms with van der Waals surface area (Å²) >= 11 is 0. The maximum Gasteiger partial charge on any atom is 0.164 e. The van der Waals surface area contributed by atoms with Crippen molar-refractivity contribution in [2.24, 2.45) is 0 Å². The van der Waals surface area contributed by atoms with Crippen molar-refractivity contribution in [3.63, 3.8) is 0 Å². The monoisotopic (exact) mass is 772 g/mol. The standard InChI is InChI=1S/C55H40N4O/c1-2-3-15-36-28-31-51-48(32-36)47-26-14-25-44(52(47)60-51)40-29-30-46-45-24-10-11-27-49(45)59(50(46)35-40)43-23-13-22-42(34-43)55-57-53(38-18-8-5-9-19-38)56-54(58-55)41-21-12-20-39(33-41)37-16-6-4-7-17-37/h4-14,16-35H,2-3,15H2,1H3. The molecule has 3 aromatic heterocycles. The Hall–Kier alpha value is -7.63. The third kappa shape index (κ3) is 6.32. The van der Waals surface area contributed by atoms with E-state index in [-0.39, 0.29) is 0 Å². The predicted octanol–water partition coefficient (Wildman–Crippen LogP) is 14.5. The maximum absolute atomic E-state index is 6.63. The number of benzene rings is 8. The summed E-state index contributed by atoms with van der Waals surface area (Å²) in [5.41, 5.74) is 13.6. The van der Waals surface area contributed by atoms with Gasteiger partial charge in [0.05, 0.1) is 11.0 Å². The van der Waals surface area contributed by atoms with E-state index in [9.17, 15) is 0 Å². The minimum atomic E-state index is 0.613. The fourth-order valence-corrected chi connectivity index (χ4v) is 8.63. The molecule has 60 heavy (non-hydrogen) atoms. The molecule has 0 saturated heterocycles. The minimum absolute atomic E-state index is 0.613. The summed E-state index contributed by atoms with van der Waals surface area (Å²) in [6, 6.07) is 66.1. The molecule has 0 amide bonds. The number of fused-ring (bicyclic) bond motifs is 6. The predicted molar refractivity (Wildman–Crippen MR) is 247 cm³/mol. The van der Waals surface area contributed by atoms with Crippen LogP contribution in [0.25, 0.3) is 106 Å². The Morgan fingerprint density at radius 1 is 0.433 bits per heavy atom. The molecule has 0 bridgehead atoms. The molecule has 3 heterocycles. The first kappa shape index (κ1) is 35.5. The molecule has 5 nitrogen and oxygen atoms in total. The molecule has 0 radical (unpaired) electrons. The summed E-state index contributed by atoms with van der Waals surface area (Å²) in [6.45, 7) is 2.24. The van der Waals surface area contributed by atoms with E-state index in [0.717, 1.165) is 78.6 Å². The third-order valence-electron chi connectivity index (χ3n) is 11.6. The first-order valence-corrected chi connectivity index (χ1v) is 20.7. The van der Waals surface area contributed by atoms with Gasteiger partial charge in [0.15, 0.2) is 17.5 Å². The molecular weight excluding hydrogens is 733 g/mol. The van der Waals surface area contributed by atoms with E-state index in [1.54, 1.807) is 0 Å². The highest BCUT2D eigenvalue weighted by Gasteiger charge is 2.19. The molecule has 5 heteroatoms. The largest absolute Gasteiger partial charge is 0.455 e. The number of rotatable bonds is 9. The zero-order valence-electron chi connectivity index (χ0n) is 33.2. The van der Waals surface area contributed by atoms with Crippen molar-refractivity contribution in [1.29, 1.82) is 0 Å². The van der Waals surface area contributed by atoms with Crippen molar-refractivity contribution < 1.29 is 4.42 Å². The van der Waals surface area contributed by atoms with Crippen molar-refractivity contribution >= 4 is 43.7 Å². The number of unbranched alkanes of at least 4 members (excludes halogenated alkanes) is 1. The van der Waals surface area contributed by atoms with E-state index >= 15 is 0 Å². The first-order chi connectivity index (χ1) is 29.7. The number of nitrogens with zero attached hydrogens (tertiary/aromatic N) is 4. The SMILES string of the molecule is CCCCc1ccc2oc3c(-c4ccc5c6ccccc6n(-c6cccc(-c7nc(-c8ccccc8)nc(-c8cccc(-c9ccccc9)c8)n7)c6)c5c4)cccc3c2c1. The second kappa shape index (κ2) is 14.9. The Kier molecular flexibility index (Phi) is 8.85. The van der Waals surface area contributed by atoms with Gasteiger partial charge in [0, 0.05) is 49.5 Å². The summed E-state index contributed by atoms with van der Waals surface area (Å²) in [5.74, 6) is 1.87. The van der Waals surface area contributed by atoms with Gasteiger partial charge in [-0.3, -0.25) is 0 Å². The lowest BCUT2D eigenvalue weighted by molar-refractivity contribution is 0.669. The average molecular weight is 773 g/mol. The van der Waals surface area contributed by atoms with Crippen molar-refractivity contribution in [3.8, 4) is 62.1 Å². The molecule has 0 unspecified atom stereocenters. The van der Waals surface area contributed by atoms with Gasteiger partial charge in [-0.25, -0.2) is 15.0 Å². The Balaban J connectivity index is 1.06. The van der Waals surface area contributed by atoms with E-state index in [2.05, 4.69) is 163 Å². The van der Waals surface area contributed by atoms with Crippen LogP contribution in [0, 0.1) is 0 Å². The molecule has 286 valence electrons. The molecule has 0 saturated carbocycles. The third-order valence-corrected chi connectivity index (χ3v) is 11.6. The number of aryl methyl sites for hydroxylation is 1. The van der Waals surface area contributed by atoms with Crippen LogP contribution in [0.15, 0.2) is 192 Å². The van der Waals surface area contributed by atoms with Gasteiger partial charge in [-0.05, 0) is 77.6 Å². The van der Waals surface area contributed by atoms with Crippen molar-refractivity contribution in [1.82, 2.24) is 19.5 Å². The number of para-hydroxylation sites is 2. The quantitative estimate of drug-likeness (QED) is 0.147. The maximum atomic E-state index is 6.63. The highest BCUT2D eigenvalue weighted by Crippen LogP contribution is 2.40. The smallest absolute Gasteiger partial charge is 0.164 e. The zero-order valence-corrected chi connectivity index (χ0v) is 33.2. The van der Waals surface area contributed by atoms with Gasteiger partial charge in [0.25, 0.3) is 0 Å². The van der Waals surface area contributed by atoms with Crippen LogP contribution in [0.1, 0.15) is 25.3 Å². The number of furan rings is 1. The van der Waals surface area contributed by atoms with Crippen molar-refractivity contribution in [2.75, 3.05) is 0 Å². The fourth-order valence-electron chi connectivity index (χ4n) is 8.63. The second-order valence-corrected chi connectivity index (χ2v) is 15.5. The Morgan fingerprint density at radius 2 is 1.07 bits per heavy atom. The number of hydrogen-bond donors (Lipinski definition) is 0. The molecule has 0 atom stereocenters. The highest BCUT2D eigenvalue weighted by molar-refractivity contribution is 6.13. The summed E-state index contributed by atoms with van der Waals surface area (Å²) in [6.07, 6.45) is 3.43.